The zero-order chi connectivity index (χ0) is 24.3. The number of likely N-dealkylation sites (N-methyl/N-ethyl adjacent to an activating group) is 1. The summed E-state index contributed by atoms with van der Waals surface area (Å²) < 4.78 is 28.7. The van der Waals surface area contributed by atoms with E-state index in [1.54, 1.807) is 0 Å². The Hall–Kier alpha value is -1.96. The largest absolute Gasteiger partial charge is 0.493 e. The lowest BCUT2D eigenvalue weighted by Crippen LogP contribution is -2.42. The molecule has 2 unspecified atom stereocenters. The molecule has 2 aromatic carbocycles. The van der Waals surface area contributed by atoms with Crippen molar-refractivity contribution in [1.82, 2.24) is 0 Å². The van der Waals surface area contributed by atoms with Gasteiger partial charge in [-0.1, -0.05) is 55.7 Å². The molecule has 2 aromatic rings. The molecule has 8 nitrogen and oxygen atoms in total. The number of aliphatic carboxylic acids is 1. The number of unbranched alkanes of at least 4 members (excludes halogenated alkanes) is 4. The summed E-state index contributed by atoms with van der Waals surface area (Å²) in [5.41, 5.74) is 0. The molecule has 9 heteroatoms. The SMILES string of the molecule is C[N+](C)(C)CC(CC(=O)O)OP(=O)(O)OCCCCCCCOc1cccc2ccccc12. The van der Waals surface area contributed by atoms with Crippen molar-refractivity contribution in [1.29, 1.82) is 0 Å². The molecule has 2 rings (SSSR count). The molecule has 0 aromatic heterocycles. The molecular weight excluding hydrogens is 445 g/mol. The maximum absolute atomic E-state index is 12.2. The third-order valence-electron chi connectivity index (χ3n) is 4.99. The molecular formula is C24H37NO7P+. The maximum Gasteiger partial charge on any atom is 0.472 e. The zero-order valence-electron chi connectivity index (χ0n) is 19.8. The van der Waals surface area contributed by atoms with E-state index in [9.17, 15) is 14.3 Å². The number of fused-ring (bicyclic) bond motifs is 1. The van der Waals surface area contributed by atoms with Crippen molar-refractivity contribution < 1.29 is 37.6 Å². The molecule has 0 amide bonds. The van der Waals surface area contributed by atoms with Crippen LogP contribution in [0, 0.1) is 0 Å². The highest BCUT2D eigenvalue weighted by molar-refractivity contribution is 7.47. The van der Waals surface area contributed by atoms with Crippen LogP contribution in [0.1, 0.15) is 38.5 Å². The Labute approximate surface area is 196 Å². The van der Waals surface area contributed by atoms with Crippen LogP contribution in [0.4, 0.5) is 0 Å². The van der Waals surface area contributed by atoms with Crippen molar-refractivity contribution in [3.63, 3.8) is 0 Å². The second-order valence-electron chi connectivity index (χ2n) is 9.19. The zero-order valence-corrected chi connectivity index (χ0v) is 20.7. The Morgan fingerprint density at radius 3 is 2.30 bits per heavy atom. The van der Waals surface area contributed by atoms with Gasteiger partial charge in [0, 0.05) is 5.39 Å². The van der Waals surface area contributed by atoms with Gasteiger partial charge in [-0.2, -0.15) is 0 Å². The van der Waals surface area contributed by atoms with Gasteiger partial charge in [0.1, 0.15) is 18.4 Å². The summed E-state index contributed by atoms with van der Waals surface area (Å²) >= 11 is 0. The fraction of sp³-hybridized carbons (Fsp3) is 0.542. The number of carboxylic acids is 1. The molecule has 0 aliphatic carbocycles. The fourth-order valence-electron chi connectivity index (χ4n) is 3.58. The number of phosphoric acid groups is 1. The molecule has 0 aliphatic rings. The molecule has 0 bridgehead atoms. The first-order valence-electron chi connectivity index (χ1n) is 11.3. The average molecular weight is 483 g/mol. The van der Waals surface area contributed by atoms with Crippen molar-refractivity contribution >= 4 is 24.6 Å². The molecule has 0 saturated carbocycles. The van der Waals surface area contributed by atoms with E-state index in [2.05, 4.69) is 18.2 Å². The topological polar surface area (TPSA) is 102 Å². The van der Waals surface area contributed by atoms with Crippen LogP contribution in [0.3, 0.4) is 0 Å². The first-order valence-corrected chi connectivity index (χ1v) is 12.8. The molecule has 184 valence electrons. The summed E-state index contributed by atoms with van der Waals surface area (Å²) in [5.74, 6) is -0.190. The van der Waals surface area contributed by atoms with E-state index in [-0.39, 0.29) is 19.6 Å². The highest BCUT2D eigenvalue weighted by atomic mass is 31.2. The lowest BCUT2D eigenvalue weighted by molar-refractivity contribution is -0.873. The summed E-state index contributed by atoms with van der Waals surface area (Å²) in [6.07, 6.45) is 3.09. The minimum atomic E-state index is -4.30. The Kier molecular flexibility index (Phi) is 10.8. The van der Waals surface area contributed by atoms with Gasteiger partial charge < -0.3 is 19.2 Å². The normalized spacial score (nSPS) is 14.7. The van der Waals surface area contributed by atoms with Gasteiger partial charge in [-0.15, -0.1) is 0 Å². The van der Waals surface area contributed by atoms with Crippen LogP contribution in [0.2, 0.25) is 0 Å². The maximum atomic E-state index is 12.2. The lowest BCUT2D eigenvalue weighted by Gasteiger charge is -2.29. The van der Waals surface area contributed by atoms with E-state index in [4.69, 9.17) is 18.9 Å². The quantitative estimate of drug-likeness (QED) is 0.200. The van der Waals surface area contributed by atoms with Gasteiger partial charge in [0.25, 0.3) is 0 Å². The highest BCUT2D eigenvalue weighted by Gasteiger charge is 2.31. The van der Waals surface area contributed by atoms with Gasteiger partial charge in [-0.3, -0.25) is 13.8 Å². The van der Waals surface area contributed by atoms with Crippen molar-refractivity contribution in [3.05, 3.63) is 42.5 Å². The second-order valence-corrected chi connectivity index (χ2v) is 10.6. The average Bonchev–Trinajstić information content (AvgIpc) is 2.70. The van der Waals surface area contributed by atoms with E-state index >= 15 is 0 Å². The second kappa shape index (κ2) is 13.1. The third-order valence-corrected chi connectivity index (χ3v) is 6.06. The van der Waals surface area contributed by atoms with Crippen molar-refractivity contribution in [3.8, 4) is 5.75 Å². The van der Waals surface area contributed by atoms with Gasteiger partial charge in [0.05, 0.1) is 40.8 Å². The minimum absolute atomic E-state index is 0.0877. The van der Waals surface area contributed by atoms with E-state index in [1.807, 2.05) is 45.4 Å². The van der Waals surface area contributed by atoms with E-state index < -0.39 is 19.9 Å². The van der Waals surface area contributed by atoms with E-state index in [1.165, 1.54) is 0 Å². The van der Waals surface area contributed by atoms with Crippen LogP contribution in [0.25, 0.3) is 10.8 Å². The van der Waals surface area contributed by atoms with Crippen molar-refractivity contribution in [2.24, 2.45) is 0 Å². The minimum Gasteiger partial charge on any atom is -0.493 e. The Morgan fingerprint density at radius 2 is 1.61 bits per heavy atom. The molecule has 0 fully saturated rings. The standard InChI is InChI=1S/C24H36NO7P/c1-25(2,3)19-21(18-24(26)27)32-33(28,29)31-17-10-6-4-5-9-16-30-23-15-11-13-20-12-7-8-14-22(20)23/h7-8,11-15,21H,4-6,9-10,16-19H2,1-3H3,(H-,26,27,28,29)/p+1. The monoisotopic (exact) mass is 482 g/mol. The third kappa shape index (κ3) is 11.1. The fourth-order valence-corrected chi connectivity index (χ4v) is 4.52. The Balaban J connectivity index is 1.60. The number of quaternary nitrogens is 1. The number of nitrogens with zero attached hydrogens (tertiary/aromatic N) is 1. The van der Waals surface area contributed by atoms with Crippen LogP contribution in [0.5, 0.6) is 5.75 Å². The van der Waals surface area contributed by atoms with Gasteiger partial charge in [0.2, 0.25) is 0 Å². The predicted molar refractivity (Wildman–Crippen MR) is 128 cm³/mol. The summed E-state index contributed by atoms with van der Waals surface area (Å²) in [6, 6.07) is 14.2. The molecule has 33 heavy (non-hydrogen) atoms. The van der Waals surface area contributed by atoms with Gasteiger partial charge >= 0.3 is 13.8 Å². The summed E-state index contributed by atoms with van der Waals surface area (Å²) in [4.78, 5) is 21.0. The molecule has 0 spiro atoms. The Morgan fingerprint density at radius 1 is 0.970 bits per heavy atom. The number of hydrogen-bond donors (Lipinski definition) is 2. The summed E-state index contributed by atoms with van der Waals surface area (Å²) in [5, 5.41) is 11.3. The first kappa shape index (κ1) is 27.3. The number of ether oxygens (including phenoxy) is 1. The number of phosphoric ester groups is 1. The first-order chi connectivity index (χ1) is 15.6. The number of benzene rings is 2. The van der Waals surface area contributed by atoms with Crippen molar-refractivity contribution in [2.45, 2.75) is 44.6 Å². The predicted octanol–water partition coefficient (Wildman–Crippen LogP) is 4.85. The number of carboxylic acid groups (broad SMARTS) is 1. The number of hydrogen-bond acceptors (Lipinski definition) is 5. The number of rotatable bonds is 16. The molecule has 2 atom stereocenters. The summed E-state index contributed by atoms with van der Waals surface area (Å²) in [6.45, 7) is 1.01. The lowest BCUT2D eigenvalue weighted by atomic mass is 10.1. The number of carbonyl (C=O) groups is 1. The van der Waals surface area contributed by atoms with Gasteiger partial charge in [0.15, 0.2) is 0 Å². The smallest absolute Gasteiger partial charge is 0.472 e. The molecule has 0 radical (unpaired) electrons. The van der Waals surface area contributed by atoms with Gasteiger partial charge in [-0.05, 0) is 24.3 Å². The van der Waals surface area contributed by atoms with E-state index in [0.29, 0.717) is 17.5 Å². The van der Waals surface area contributed by atoms with Crippen LogP contribution >= 0.6 is 7.82 Å². The molecule has 2 N–H and O–H groups in total. The van der Waals surface area contributed by atoms with Crippen molar-refractivity contribution in [2.75, 3.05) is 40.9 Å². The van der Waals surface area contributed by atoms with Gasteiger partial charge in [-0.25, -0.2) is 4.57 Å². The summed E-state index contributed by atoms with van der Waals surface area (Å²) in [7, 11) is 1.26. The Bertz CT molecular complexity index is 923. The molecule has 0 heterocycles. The highest BCUT2D eigenvalue weighted by Crippen LogP contribution is 2.45. The molecule has 0 aliphatic heterocycles. The van der Waals surface area contributed by atoms with Crippen LogP contribution in [-0.4, -0.2) is 67.5 Å². The van der Waals surface area contributed by atoms with Crippen LogP contribution in [0.15, 0.2) is 42.5 Å². The van der Waals surface area contributed by atoms with E-state index in [0.717, 1.165) is 42.2 Å². The van der Waals surface area contributed by atoms with Crippen LogP contribution < -0.4 is 4.74 Å². The molecule has 0 saturated heterocycles. The van der Waals surface area contributed by atoms with Crippen LogP contribution in [-0.2, 0) is 18.4 Å².